The molecule has 1 atom stereocenters. The van der Waals surface area contributed by atoms with Crippen LogP contribution in [-0.4, -0.2) is 18.3 Å². The van der Waals surface area contributed by atoms with Crippen molar-refractivity contribution in [1.29, 1.82) is 0 Å². The van der Waals surface area contributed by atoms with Gasteiger partial charge in [0.2, 0.25) is 0 Å². The number of ether oxygens (including phenoxy) is 2. The molecular formula is C31H26N2O3S. The molecule has 6 rings (SSSR count). The Morgan fingerprint density at radius 1 is 1.03 bits per heavy atom. The zero-order valence-electron chi connectivity index (χ0n) is 20.5. The zero-order chi connectivity index (χ0) is 25.4. The molecule has 6 heteroatoms. The minimum absolute atomic E-state index is 0.0661. The van der Waals surface area contributed by atoms with Crippen molar-refractivity contribution >= 4 is 23.1 Å². The van der Waals surface area contributed by atoms with Gasteiger partial charge >= 0.3 is 0 Å². The van der Waals surface area contributed by atoms with Crippen LogP contribution in [-0.2, 0) is 6.42 Å². The van der Waals surface area contributed by atoms with Crippen molar-refractivity contribution in [2.24, 2.45) is 4.99 Å². The van der Waals surface area contributed by atoms with Crippen molar-refractivity contribution in [2.45, 2.75) is 18.9 Å². The van der Waals surface area contributed by atoms with Gasteiger partial charge in [-0.15, -0.1) is 0 Å². The zero-order valence-corrected chi connectivity index (χ0v) is 21.3. The van der Waals surface area contributed by atoms with E-state index in [4.69, 9.17) is 14.5 Å². The van der Waals surface area contributed by atoms with E-state index in [0.717, 1.165) is 46.6 Å². The van der Waals surface area contributed by atoms with Crippen LogP contribution >= 0.6 is 11.3 Å². The van der Waals surface area contributed by atoms with E-state index in [1.54, 1.807) is 13.2 Å². The lowest BCUT2D eigenvalue weighted by atomic mass is 9.83. The highest BCUT2D eigenvalue weighted by Crippen LogP contribution is 2.43. The Kier molecular flexibility index (Phi) is 6.10. The van der Waals surface area contributed by atoms with Gasteiger partial charge in [0.25, 0.3) is 5.56 Å². The first-order valence-electron chi connectivity index (χ1n) is 12.3. The van der Waals surface area contributed by atoms with E-state index < -0.39 is 0 Å². The lowest BCUT2D eigenvalue weighted by molar-refractivity contribution is 0.362. The number of methoxy groups -OCH3 is 1. The molecule has 4 aromatic rings. The van der Waals surface area contributed by atoms with Crippen molar-refractivity contribution in [3.63, 3.8) is 0 Å². The van der Waals surface area contributed by atoms with E-state index in [9.17, 15) is 4.79 Å². The number of rotatable bonds is 6. The fraction of sp³-hybridized carbons (Fsp3) is 0.161. The number of hydrogen-bond donors (Lipinski definition) is 0. The van der Waals surface area contributed by atoms with Crippen molar-refractivity contribution < 1.29 is 9.47 Å². The normalized spacial score (nSPS) is 16.4. The third-order valence-corrected chi connectivity index (χ3v) is 7.85. The Labute approximate surface area is 219 Å². The first-order valence-corrected chi connectivity index (χ1v) is 13.1. The number of thiazole rings is 1. The highest BCUT2D eigenvalue weighted by molar-refractivity contribution is 7.07. The predicted octanol–water partition coefficient (Wildman–Crippen LogP) is 4.89. The van der Waals surface area contributed by atoms with E-state index in [0.29, 0.717) is 21.7 Å². The Morgan fingerprint density at radius 3 is 2.62 bits per heavy atom. The van der Waals surface area contributed by atoms with E-state index in [-0.39, 0.29) is 11.6 Å². The Bertz CT molecular complexity index is 1730. The fourth-order valence-corrected chi connectivity index (χ4v) is 6.20. The molecule has 0 amide bonds. The van der Waals surface area contributed by atoms with Gasteiger partial charge in [-0.2, -0.15) is 0 Å². The smallest absolute Gasteiger partial charge is 0.271 e. The van der Waals surface area contributed by atoms with Gasteiger partial charge in [0.15, 0.2) is 4.80 Å². The molecule has 1 aliphatic heterocycles. The molecule has 3 aromatic carbocycles. The summed E-state index contributed by atoms with van der Waals surface area (Å²) in [6.45, 7) is 4.13. The van der Waals surface area contributed by atoms with Crippen molar-refractivity contribution in [3.8, 4) is 11.5 Å². The molecule has 2 heterocycles. The number of aromatic nitrogens is 1. The second-order valence-electron chi connectivity index (χ2n) is 8.99. The summed E-state index contributed by atoms with van der Waals surface area (Å²) in [4.78, 5) is 19.8. The minimum atomic E-state index is -0.287. The summed E-state index contributed by atoms with van der Waals surface area (Å²) < 4.78 is 14.1. The molecule has 0 fully saturated rings. The van der Waals surface area contributed by atoms with Crippen LogP contribution in [0.25, 0.3) is 11.8 Å². The first-order chi connectivity index (χ1) is 18.2. The van der Waals surface area contributed by atoms with Gasteiger partial charge in [-0.3, -0.25) is 9.36 Å². The van der Waals surface area contributed by atoms with Gasteiger partial charge < -0.3 is 9.47 Å². The predicted molar refractivity (Wildman–Crippen MR) is 148 cm³/mol. The van der Waals surface area contributed by atoms with Gasteiger partial charge in [0, 0.05) is 16.7 Å². The van der Waals surface area contributed by atoms with Crippen LogP contribution in [0, 0.1) is 0 Å². The van der Waals surface area contributed by atoms with E-state index in [2.05, 4.69) is 36.9 Å². The van der Waals surface area contributed by atoms with Crippen LogP contribution in [0.3, 0.4) is 0 Å². The number of hydrogen-bond acceptors (Lipinski definition) is 5. The summed E-state index contributed by atoms with van der Waals surface area (Å²) >= 11 is 1.41. The molecule has 1 aliphatic carbocycles. The molecule has 184 valence electrons. The standard InChI is InChI=1S/C31H26N2O3S/c1-3-18-36-25-14-8-5-11-21(25)19-27-30(34)33-29(23-13-7-9-15-26(23)35-2)24-17-16-20-10-4-6-12-22(20)28(24)32-31(33)37-27/h3-15,19,29H,1,16-18H2,2H3/b27-19-/t29-/m1/s1. The molecule has 1 aromatic heterocycles. The number of aryl methyl sites for hydroxylation is 1. The number of fused-ring (bicyclic) bond motifs is 3. The lowest BCUT2D eigenvalue weighted by Gasteiger charge is -2.31. The minimum Gasteiger partial charge on any atom is -0.496 e. The third-order valence-electron chi connectivity index (χ3n) is 6.87. The van der Waals surface area contributed by atoms with E-state index in [1.165, 1.54) is 16.9 Å². The van der Waals surface area contributed by atoms with E-state index >= 15 is 0 Å². The molecule has 0 N–H and O–H groups in total. The summed E-state index contributed by atoms with van der Waals surface area (Å²) in [5.74, 6) is 1.47. The second-order valence-corrected chi connectivity index (χ2v) is 10.0. The lowest BCUT2D eigenvalue weighted by Crippen LogP contribution is -2.39. The summed E-state index contributed by atoms with van der Waals surface area (Å²) in [6.07, 6.45) is 5.35. The average molecular weight is 507 g/mol. The maximum absolute atomic E-state index is 14.0. The molecule has 2 aliphatic rings. The molecule has 37 heavy (non-hydrogen) atoms. The van der Waals surface area contributed by atoms with Gasteiger partial charge in [-0.25, -0.2) is 4.99 Å². The number of para-hydroxylation sites is 2. The van der Waals surface area contributed by atoms with Crippen LogP contribution < -0.4 is 24.4 Å². The third kappa shape index (κ3) is 4.03. The molecule has 0 bridgehead atoms. The van der Waals surface area contributed by atoms with Crippen LogP contribution in [0.5, 0.6) is 11.5 Å². The molecule has 0 saturated heterocycles. The summed E-state index contributed by atoms with van der Waals surface area (Å²) in [7, 11) is 1.67. The van der Waals surface area contributed by atoms with Gasteiger partial charge in [-0.05, 0) is 42.2 Å². The molecule has 0 radical (unpaired) electrons. The Balaban J connectivity index is 1.61. The van der Waals surface area contributed by atoms with Gasteiger partial charge in [0.05, 0.1) is 23.4 Å². The molecule has 5 nitrogen and oxygen atoms in total. The molecule has 0 saturated carbocycles. The quantitative estimate of drug-likeness (QED) is 0.350. The largest absolute Gasteiger partial charge is 0.496 e. The highest BCUT2D eigenvalue weighted by Gasteiger charge is 2.33. The van der Waals surface area contributed by atoms with Crippen LogP contribution in [0.4, 0.5) is 0 Å². The molecule has 0 unspecified atom stereocenters. The highest BCUT2D eigenvalue weighted by atomic mass is 32.1. The summed E-state index contributed by atoms with van der Waals surface area (Å²) in [5.41, 5.74) is 6.30. The Hall–Kier alpha value is -4.16. The molecule has 0 spiro atoms. The first kappa shape index (κ1) is 23.3. The van der Waals surface area contributed by atoms with Gasteiger partial charge in [0.1, 0.15) is 18.1 Å². The Morgan fingerprint density at radius 2 is 1.78 bits per heavy atom. The van der Waals surface area contributed by atoms with Crippen LogP contribution in [0.2, 0.25) is 0 Å². The fourth-order valence-electron chi connectivity index (χ4n) is 5.21. The van der Waals surface area contributed by atoms with Crippen LogP contribution in [0.1, 0.15) is 34.7 Å². The maximum atomic E-state index is 14.0. The number of nitrogens with zero attached hydrogens (tertiary/aromatic N) is 2. The van der Waals surface area contributed by atoms with Crippen molar-refractivity contribution in [2.75, 3.05) is 13.7 Å². The number of benzene rings is 3. The second kappa shape index (κ2) is 9.71. The average Bonchev–Trinajstić information content (AvgIpc) is 3.25. The SMILES string of the molecule is C=CCOc1ccccc1/C=c1\sc2n(c1=O)[C@H](c1ccccc1OC)C1=C(N=2)c2ccccc2CC1. The van der Waals surface area contributed by atoms with Crippen LogP contribution in [0.15, 0.2) is 101 Å². The van der Waals surface area contributed by atoms with Gasteiger partial charge in [-0.1, -0.05) is 84.7 Å². The number of allylic oxidation sites excluding steroid dienone is 1. The summed E-state index contributed by atoms with van der Waals surface area (Å²) in [5, 5.41) is 0. The topological polar surface area (TPSA) is 52.8 Å². The van der Waals surface area contributed by atoms with Crippen molar-refractivity contribution in [3.05, 3.63) is 133 Å². The maximum Gasteiger partial charge on any atom is 0.271 e. The van der Waals surface area contributed by atoms with E-state index in [1.807, 2.05) is 53.1 Å². The molecular weight excluding hydrogens is 480 g/mol. The monoisotopic (exact) mass is 506 g/mol. The summed E-state index contributed by atoms with van der Waals surface area (Å²) in [6, 6.07) is 23.8. The van der Waals surface area contributed by atoms with Crippen molar-refractivity contribution in [1.82, 2.24) is 4.57 Å².